The van der Waals surface area contributed by atoms with Gasteiger partial charge in [0.2, 0.25) is 0 Å². The third-order valence-corrected chi connectivity index (χ3v) is 4.72. The fourth-order valence-electron chi connectivity index (χ4n) is 2.51. The van der Waals surface area contributed by atoms with Crippen molar-refractivity contribution in [3.05, 3.63) is 16.1 Å². The maximum Gasteiger partial charge on any atom is 0.0931 e. The molecule has 1 aromatic rings. The van der Waals surface area contributed by atoms with E-state index in [4.69, 9.17) is 10.7 Å². The summed E-state index contributed by atoms with van der Waals surface area (Å²) < 4.78 is 0. The van der Waals surface area contributed by atoms with E-state index in [0.717, 1.165) is 11.8 Å². The van der Waals surface area contributed by atoms with Crippen molar-refractivity contribution in [1.82, 2.24) is 4.98 Å². The summed E-state index contributed by atoms with van der Waals surface area (Å²) in [6.45, 7) is 0. The molecule has 2 N–H and O–H groups in total. The van der Waals surface area contributed by atoms with Crippen LogP contribution in [0.4, 0.5) is 0 Å². The molecule has 0 unspecified atom stereocenters. The maximum atomic E-state index is 5.79. The Morgan fingerprint density at radius 3 is 2.80 bits per heavy atom. The Kier molecular flexibility index (Phi) is 2.53. The Labute approximate surface area is 94.9 Å². The predicted molar refractivity (Wildman–Crippen MR) is 63.1 cm³/mol. The molecule has 82 valence electrons. The summed E-state index contributed by atoms with van der Waals surface area (Å²) in [6, 6.07) is 0.473. The van der Waals surface area contributed by atoms with Crippen LogP contribution in [-0.2, 0) is 6.42 Å². The van der Waals surface area contributed by atoms with Crippen LogP contribution in [0.3, 0.4) is 0 Å². The minimum atomic E-state index is 0.473. The molecule has 1 heterocycles. The standard InChI is InChI=1S/C12H18N2S/c13-10-4-8(5-10)6-12-14-11(7-15-12)9-2-1-3-9/h7-10H,1-6,13H2. The number of nitrogens with two attached hydrogens (primary N) is 1. The highest BCUT2D eigenvalue weighted by Gasteiger charge is 2.27. The molecule has 1 aromatic heterocycles. The van der Waals surface area contributed by atoms with Gasteiger partial charge in [0.05, 0.1) is 10.7 Å². The number of nitrogens with zero attached hydrogens (tertiary/aromatic N) is 1. The summed E-state index contributed by atoms with van der Waals surface area (Å²) in [5.41, 5.74) is 7.16. The maximum absolute atomic E-state index is 5.79. The van der Waals surface area contributed by atoms with E-state index in [-0.39, 0.29) is 0 Å². The zero-order valence-corrected chi connectivity index (χ0v) is 9.80. The molecule has 0 atom stereocenters. The average Bonchev–Trinajstić information content (AvgIpc) is 2.47. The van der Waals surface area contributed by atoms with E-state index in [1.165, 1.54) is 49.2 Å². The van der Waals surface area contributed by atoms with Crippen molar-refractivity contribution in [1.29, 1.82) is 0 Å². The zero-order chi connectivity index (χ0) is 10.3. The summed E-state index contributed by atoms with van der Waals surface area (Å²) in [4.78, 5) is 4.76. The molecule has 0 aromatic carbocycles. The van der Waals surface area contributed by atoms with Crippen LogP contribution in [0.2, 0.25) is 0 Å². The SMILES string of the molecule is NC1CC(Cc2nc(C3CCC3)cs2)C1. The van der Waals surface area contributed by atoms with Gasteiger partial charge in [-0.3, -0.25) is 0 Å². The third kappa shape index (κ3) is 1.95. The van der Waals surface area contributed by atoms with Crippen molar-refractivity contribution in [3.8, 4) is 0 Å². The fraction of sp³-hybridized carbons (Fsp3) is 0.750. The second-order valence-corrected chi connectivity index (χ2v) is 6.04. The van der Waals surface area contributed by atoms with Crippen LogP contribution in [-0.4, -0.2) is 11.0 Å². The summed E-state index contributed by atoms with van der Waals surface area (Å²) in [5.74, 6) is 1.61. The molecule has 0 bridgehead atoms. The first-order valence-electron chi connectivity index (χ1n) is 6.01. The molecule has 3 rings (SSSR count). The van der Waals surface area contributed by atoms with Gasteiger partial charge in [-0.2, -0.15) is 0 Å². The lowest BCUT2D eigenvalue weighted by molar-refractivity contribution is 0.264. The molecule has 2 fully saturated rings. The minimum Gasteiger partial charge on any atom is -0.328 e. The van der Waals surface area contributed by atoms with E-state index in [1.807, 2.05) is 11.3 Å². The molecule has 0 aliphatic heterocycles. The summed E-state index contributed by atoms with van der Waals surface area (Å²) in [6.07, 6.45) is 7.70. The van der Waals surface area contributed by atoms with Crippen molar-refractivity contribution < 1.29 is 0 Å². The highest BCUT2D eigenvalue weighted by atomic mass is 32.1. The van der Waals surface area contributed by atoms with Gasteiger partial charge in [-0.05, 0) is 31.6 Å². The van der Waals surface area contributed by atoms with E-state index in [0.29, 0.717) is 6.04 Å². The molecular weight excluding hydrogens is 204 g/mol. The molecule has 2 nitrogen and oxygen atoms in total. The highest BCUT2D eigenvalue weighted by Crippen LogP contribution is 2.37. The van der Waals surface area contributed by atoms with Gasteiger partial charge in [-0.25, -0.2) is 4.98 Å². The van der Waals surface area contributed by atoms with Crippen LogP contribution in [0.1, 0.15) is 48.7 Å². The first-order valence-corrected chi connectivity index (χ1v) is 6.89. The fourth-order valence-corrected chi connectivity index (χ4v) is 3.50. The van der Waals surface area contributed by atoms with Gasteiger partial charge in [-0.15, -0.1) is 11.3 Å². The number of aromatic nitrogens is 1. The first-order chi connectivity index (χ1) is 7.31. The lowest BCUT2D eigenvalue weighted by Gasteiger charge is -2.31. The Morgan fingerprint density at radius 2 is 2.20 bits per heavy atom. The van der Waals surface area contributed by atoms with Crippen molar-refractivity contribution >= 4 is 11.3 Å². The molecule has 2 aliphatic carbocycles. The van der Waals surface area contributed by atoms with E-state index in [9.17, 15) is 0 Å². The molecule has 2 aliphatic rings. The van der Waals surface area contributed by atoms with Gasteiger partial charge in [0.1, 0.15) is 0 Å². The molecule has 3 heteroatoms. The lowest BCUT2D eigenvalue weighted by atomic mass is 9.79. The van der Waals surface area contributed by atoms with Crippen molar-refractivity contribution in [2.24, 2.45) is 11.7 Å². The Balaban J connectivity index is 1.58. The van der Waals surface area contributed by atoms with Crippen LogP contribution in [0.15, 0.2) is 5.38 Å². The number of hydrogen-bond acceptors (Lipinski definition) is 3. The average molecular weight is 222 g/mol. The van der Waals surface area contributed by atoms with Gasteiger partial charge in [0, 0.05) is 23.8 Å². The van der Waals surface area contributed by atoms with Crippen LogP contribution in [0.5, 0.6) is 0 Å². The summed E-state index contributed by atoms with van der Waals surface area (Å²) in [7, 11) is 0. The van der Waals surface area contributed by atoms with Crippen LogP contribution in [0, 0.1) is 5.92 Å². The third-order valence-electron chi connectivity index (χ3n) is 3.83. The lowest BCUT2D eigenvalue weighted by Crippen LogP contribution is -2.37. The molecule has 2 saturated carbocycles. The molecule has 0 saturated heterocycles. The Bertz CT molecular complexity index is 337. The smallest absolute Gasteiger partial charge is 0.0931 e. The van der Waals surface area contributed by atoms with Crippen LogP contribution >= 0.6 is 11.3 Å². The predicted octanol–water partition coefficient (Wildman–Crippen LogP) is 2.69. The van der Waals surface area contributed by atoms with Gasteiger partial charge in [0.25, 0.3) is 0 Å². The summed E-state index contributed by atoms with van der Waals surface area (Å²) in [5, 5.41) is 3.62. The Morgan fingerprint density at radius 1 is 1.40 bits per heavy atom. The minimum absolute atomic E-state index is 0.473. The molecule has 0 amide bonds. The summed E-state index contributed by atoms with van der Waals surface area (Å²) >= 11 is 1.85. The largest absolute Gasteiger partial charge is 0.328 e. The van der Waals surface area contributed by atoms with Crippen molar-refractivity contribution in [2.45, 2.75) is 50.5 Å². The van der Waals surface area contributed by atoms with E-state index in [2.05, 4.69) is 5.38 Å². The van der Waals surface area contributed by atoms with E-state index >= 15 is 0 Å². The van der Waals surface area contributed by atoms with Gasteiger partial charge >= 0.3 is 0 Å². The monoisotopic (exact) mass is 222 g/mol. The first kappa shape index (κ1) is 9.79. The zero-order valence-electron chi connectivity index (χ0n) is 8.98. The second kappa shape index (κ2) is 3.87. The highest BCUT2D eigenvalue weighted by molar-refractivity contribution is 7.09. The second-order valence-electron chi connectivity index (χ2n) is 5.10. The number of hydrogen-bond donors (Lipinski definition) is 1. The van der Waals surface area contributed by atoms with Gasteiger partial charge in [0.15, 0.2) is 0 Å². The normalized spacial score (nSPS) is 31.0. The number of thiazole rings is 1. The molecular formula is C12H18N2S. The van der Waals surface area contributed by atoms with Crippen molar-refractivity contribution in [2.75, 3.05) is 0 Å². The van der Waals surface area contributed by atoms with Gasteiger partial charge in [-0.1, -0.05) is 6.42 Å². The quantitative estimate of drug-likeness (QED) is 0.854. The van der Waals surface area contributed by atoms with Crippen LogP contribution < -0.4 is 5.73 Å². The number of rotatable bonds is 3. The molecule has 15 heavy (non-hydrogen) atoms. The van der Waals surface area contributed by atoms with Crippen molar-refractivity contribution in [3.63, 3.8) is 0 Å². The Hall–Kier alpha value is -0.410. The van der Waals surface area contributed by atoms with E-state index < -0.39 is 0 Å². The van der Waals surface area contributed by atoms with Crippen LogP contribution in [0.25, 0.3) is 0 Å². The molecule has 0 radical (unpaired) electrons. The van der Waals surface area contributed by atoms with E-state index in [1.54, 1.807) is 0 Å². The van der Waals surface area contributed by atoms with Gasteiger partial charge < -0.3 is 5.73 Å². The topological polar surface area (TPSA) is 38.9 Å². The molecule has 0 spiro atoms.